The lowest BCUT2D eigenvalue weighted by molar-refractivity contribution is -0.152. The third-order valence-corrected chi connectivity index (χ3v) is 8.45. The highest BCUT2D eigenvalue weighted by Gasteiger charge is 2.61. The van der Waals surface area contributed by atoms with Crippen molar-refractivity contribution in [1.82, 2.24) is 0 Å². The lowest BCUT2D eigenvalue weighted by Gasteiger charge is -2.35. The molecular formula is C31H30O12. The standard InChI is InChI=1S/C31H30O12/c1-33-12-27-28(16-3-5-20-23(7-16)39-14-37-20)43-26-10-22(34-2)18(9-25(26)42-27)29-19-11-35-30(31(19,32)13-36-29)41-17-4-6-21-24(8-17)40-15-38-21/h3-10,19,27-30,32H,11-15H2,1-2H3/t19-,27?,28?,29-,30-,31-/m1/s1. The largest absolute Gasteiger partial charge is 0.496 e. The zero-order valence-corrected chi connectivity index (χ0v) is 23.5. The second kappa shape index (κ2) is 10.3. The summed E-state index contributed by atoms with van der Waals surface area (Å²) < 4.78 is 64.3. The predicted molar refractivity (Wildman–Crippen MR) is 145 cm³/mol. The van der Waals surface area contributed by atoms with Crippen LogP contribution in [0.1, 0.15) is 23.3 Å². The van der Waals surface area contributed by atoms with Crippen LogP contribution in [0.15, 0.2) is 48.5 Å². The van der Waals surface area contributed by atoms with Gasteiger partial charge in [-0.1, -0.05) is 6.07 Å². The number of hydrogen-bond acceptors (Lipinski definition) is 12. The van der Waals surface area contributed by atoms with Crippen LogP contribution in [-0.4, -0.2) is 70.7 Å². The van der Waals surface area contributed by atoms with E-state index in [1.54, 1.807) is 38.5 Å². The summed E-state index contributed by atoms with van der Waals surface area (Å²) in [5.74, 6) is 4.18. The van der Waals surface area contributed by atoms with Gasteiger partial charge in [-0.05, 0) is 30.3 Å². The molecule has 12 nitrogen and oxygen atoms in total. The Morgan fingerprint density at radius 2 is 1.53 bits per heavy atom. The van der Waals surface area contributed by atoms with Gasteiger partial charge < -0.3 is 57.2 Å². The number of benzene rings is 3. The molecule has 6 atom stereocenters. The fourth-order valence-electron chi connectivity index (χ4n) is 6.27. The van der Waals surface area contributed by atoms with E-state index >= 15 is 0 Å². The van der Waals surface area contributed by atoms with Gasteiger partial charge in [0.25, 0.3) is 0 Å². The van der Waals surface area contributed by atoms with Crippen molar-refractivity contribution in [3.63, 3.8) is 0 Å². The Kier molecular flexibility index (Phi) is 6.33. The van der Waals surface area contributed by atoms with E-state index in [4.69, 9.17) is 52.1 Å². The summed E-state index contributed by atoms with van der Waals surface area (Å²) >= 11 is 0. The van der Waals surface area contributed by atoms with Crippen molar-refractivity contribution in [1.29, 1.82) is 0 Å². The van der Waals surface area contributed by atoms with Gasteiger partial charge in [0.15, 0.2) is 52.3 Å². The minimum atomic E-state index is -1.40. The van der Waals surface area contributed by atoms with Crippen molar-refractivity contribution in [3.8, 4) is 46.0 Å². The number of rotatable bonds is 7. The lowest BCUT2D eigenvalue weighted by atomic mass is 9.85. The molecule has 2 fully saturated rings. The van der Waals surface area contributed by atoms with E-state index in [0.717, 1.165) is 5.56 Å². The summed E-state index contributed by atoms with van der Waals surface area (Å²) in [5.41, 5.74) is 0.166. The molecule has 3 aromatic carbocycles. The first-order valence-electron chi connectivity index (χ1n) is 14.0. The highest BCUT2D eigenvalue weighted by Crippen LogP contribution is 2.53. The molecular weight excluding hydrogens is 564 g/mol. The molecule has 226 valence electrons. The number of methoxy groups -OCH3 is 2. The number of fused-ring (bicyclic) bond motifs is 4. The molecule has 5 aliphatic rings. The van der Waals surface area contributed by atoms with Crippen molar-refractivity contribution >= 4 is 0 Å². The molecule has 0 radical (unpaired) electrons. The first-order chi connectivity index (χ1) is 21.0. The van der Waals surface area contributed by atoms with Crippen molar-refractivity contribution in [3.05, 3.63) is 59.7 Å². The maximum Gasteiger partial charge on any atom is 0.231 e. The summed E-state index contributed by atoms with van der Waals surface area (Å²) in [5, 5.41) is 11.8. The highest BCUT2D eigenvalue weighted by atomic mass is 16.7. The van der Waals surface area contributed by atoms with E-state index in [1.807, 2.05) is 24.3 Å². The summed E-state index contributed by atoms with van der Waals surface area (Å²) in [6.45, 7) is 0.846. The van der Waals surface area contributed by atoms with E-state index in [2.05, 4.69) is 0 Å². The summed E-state index contributed by atoms with van der Waals surface area (Å²) in [6, 6.07) is 14.5. The zero-order chi connectivity index (χ0) is 29.1. The second-order valence-corrected chi connectivity index (χ2v) is 10.9. The van der Waals surface area contributed by atoms with Gasteiger partial charge in [0.2, 0.25) is 19.9 Å². The van der Waals surface area contributed by atoms with Crippen molar-refractivity contribution < 1.29 is 57.2 Å². The molecule has 0 aromatic heterocycles. The Labute approximate surface area is 246 Å². The van der Waals surface area contributed by atoms with Gasteiger partial charge in [-0.2, -0.15) is 0 Å². The monoisotopic (exact) mass is 594 g/mol. The maximum absolute atomic E-state index is 11.8. The number of aliphatic hydroxyl groups is 1. The molecule has 8 rings (SSSR count). The van der Waals surface area contributed by atoms with Gasteiger partial charge in [0, 0.05) is 30.4 Å². The Hall–Kier alpha value is -4.10. The quantitative estimate of drug-likeness (QED) is 0.431. The third-order valence-electron chi connectivity index (χ3n) is 8.45. The normalized spacial score (nSPS) is 29.4. The first-order valence-corrected chi connectivity index (χ1v) is 14.0. The molecule has 2 unspecified atom stereocenters. The summed E-state index contributed by atoms with van der Waals surface area (Å²) in [7, 11) is 3.19. The Balaban J connectivity index is 1.06. The van der Waals surface area contributed by atoms with Crippen molar-refractivity contribution in [2.75, 3.05) is 47.6 Å². The topological polar surface area (TPSA) is 122 Å². The average Bonchev–Trinajstić information content (AvgIpc) is 3.81. The fraction of sp³-hybridized carbons (Fsp3) is 0.419. The highest BCUT2D eigenvalue weighted by molar-refractivity contribution is 5.54. The minimum Gasteiger partial charge on any atom is -0.496 e. The van der Waals surface area contributed by atoms with E-state index in [1.165, 1.54) is 0 Å². The maximum atomic E-state index is 11.8. The molecule has 2 saturated heterocycles. The number of ether oxygens (including phenoxy) is 11. The number of hydrogen-bond donors (Lipinski definition) is 1. The molecule has 5 heterocycles. The third kappa shape index (κ3) is 4.36. The first kappa shape index (κ1) is 26.5. The minimum absolute atomic E-state index is 0.00758. The van der Waals surface area contributed by atoms with Crippen LogP contribution in [0, 0.1) is 5.92 Å². The van der Waals surface area contributed by atoms with E-state index in [-0.39, 0.29) is 33.4 Å². The molecule has 12 heteroatoms. The molecule has 0 spiro atoms. The van der Waals surface area contributed by atoms with Crippen molar-refractivity contribution in [2.24, 2.45) is 5.92 Å². The molecule has 5 aliphatic heterocycles. The Morgan fingerprint density at radius 3 is 2.33 bits per heavy atom. The van der Waals surface area contributed by atoms with Crippen LogP contribution in [0.4, 0.5) is 0 Å². The summed E-state index contributed by atoms with van der Waals surface area (Å²) in [4.78, 5) is 0. The predicted octanol–water partition coefficient (Wildman–Crippen LogP) is 3.53. The molecule has 43 heavy (non-hydrogen) atoms. The van der Waals surface area contributed by atoms with Crippen LogP contribution >= 0.6 is 0 Å². The van der Waals surface area contributed by atoms with Gasteiger partial charge >= 0.3 is 0 Å². The Morgan fingerprint density at radius 1 is 0.791 bits per heavy atom. The molecule has 0 saturated carbocycles. The van der Waals surface area contributed by atoms with Crippen LogP contribution in [0.2, 0.25) is 0 Å². The molecule has 3 aromatic rings. The van der Waals surface area contributed by atoms with Crippen LogP contribution in [0.5, 0.6) is 46.0 Å². The zero-order valence-electron chi connectivity index (χ0n) is 23.5. The van der Waals surface area contributed by atoms with Gasteiger partial charge in [0.05, 0.1) is 39.0 Å². The lowest BCUT2D eigenvalue weighted by Crippen LogP contribution is -2.46. The van der Waals surface area contributed by atoms with Gasteiger partial charge in [-0.15, -0.1) is 0 Å². The van der Waals surface area contributed by atoms with Crippen LogP contribution in [-0.2, 0) is 14.2 Å². The van der Waals surface area contributed by atoms with Crippen molar-refractivity contribution in [2.45, 2.75) is 30.2 Å². The SMILES string of the molecule is COCC1Oc2cc([C@H]3OC[C@]4(O)[C@@H](Oc5ccc6c(c5)OCO6)OC[C@H]34)c(OC)cc2OC1c1ccc2c(c1)OCO2. The van der Waals surface area contributed by atoms with Gasteiger partial charge in [-0.25, -0.2) is 0 Å². The fourth-order valence-corrected chi connectivity index (χ4v) is 6.27. The second-order valence-electron chi connectivity index (χ2n) is 10.9. The molecule has 0 amide bonds. The van der Waals surface area contributed by atoms with E-state index < -0.39 is 36.1 Å². The van der Waals surface area contributed by atoms with Gasteiger partial charge in [-0.3, -0.25) is 0 Å². The van der Waals surface area contributed by atoms with Crippen LogP contribution in [0.3, 0.4) is 0 Å². The molecule has 1 N–H and O–H groups in total. The van der Waals surface area contributed by atoms with E-state index in [0.29, 0.717) is 51.6 Å². The van der Waals surface area contributed by atoms with E-state index in [9.17, 15) is 5.11 Å². The van der Waals surface area contributed by atoms with Crippen LogP contribution in [0.25, 0.3) is 0 Å². The Bertz CT molecular complexity index is 1540. The van der Waals surface area contributed by atoms with Gasteiger partial charge in [0.1, 0.15) is 11.5 Å². The van der Waals surface area contributed by atoms with Crippen LogP contribution < -0.4 is 37.9 Å². The molecule has 0 aliphatic carbocycles. The smallest absolute Gasteiger partial charge is 0.231 e. The average molecular weight is 595 g/mol. The summed E-state index contributed by atoms with van der Waals surface area (Å²) in [6.07, 6.45) is -2.41. The molecule has 0 bridgehead atoms.